The van der Waals surface area contributed by atoms with Gasteiger partial charge in [-0.15, -0.1) is 0 Å². The third-order valence-electron chi connectivity index (χ3n) is 5.28. The van der Waals surface area contributed by atoms with Gasteiger partial charge in [-0.25, -0.2) is 18.8 Å². The summed E-state index contributed by atoms with van der Waals surface area (Å²) in [5, 5.41) is 10.3. The number of ether oxygens (including phenoxy) is 2. The molecule has 4 amide bonds. The Morgan fingerprint density at radius 3 is 2.18 bits per heavy atom. The second-order valence-corrected chi connectivity index (χ2v) is 9.81. The Bertz CT molecular complexity index is 1190. The lowest BCUT2D eigenvalue weighted by Gasteiger charge is -2.21. The summed E-state index contributed by atoms with van der Waals surface area (Å²) in [6.07, 6.45) is -0.684. The summed E-state index contributed by atoms with van der Waals surface area (Å²) in [4.78, 5) is 49.9. The van der Waals surface area contributed by atoms with Gasteiger partial charge in [0.25, 0.3) is 5.91 Å². The van der Waals surface area contributed by atoms with Crippen molar-refractivity contribution >= 4 is 35.4 Å². The van der Waals surface area contributed by atoms with Crippen molar-refractivity contribution in [2.45, 2.75) is 59.6 Å². The average molecular weight is 531 g/mol. The van der Waals surface area contributed by atoms with Gasteiger partial charge in [-0.2, -0.15) is 0 Å². The fourth-order valence-corrected chi connectivity index (χ4v) is 3.72. The van der Waals surface area contributed by atoms with Crippen LogP contribution in [0, 0.1) is 26.6 Å². The van der Waals surface area contributed by atoms with Crippen LogP contribution in [0.2, 0.25) is 0 Å². The van der Waals surface area contributed by atoms with E-state index in [0.717, 1.165) is 35.9 Å². The fourth-order valence-electron chi connectivity index (χ4n) is 3.72. The molecule has 10 nitrogen and oxygen atoms in total. The number of anilines is 2. The van der Waals surface area contributed by atoms with E-state index in [1.54, 1.807) is 20.8 Å². The van der Waals surface area contributed by atoms with E-state index in [-0.39, 0.29) is 24.2 Å². The maximum Gasteiger partial charge on any atom is 0.407 e. The molecule has 0 heterocycles. The minimum atomic E-state index is -1.13. The zero-order chi connectivity index (χ0) is 28.6. The van der Waals surface area contributed by atoms with Crippen LogP contribution >= 0.6 is 0 Å². The minimum absolute atomic E-state index is 0.00113. The Labute approximate surface area is 221 Å². The van der Waals surface area contributed by atoms with E-state index in [4.69, 9.17) is 9.47 Å². The molecule has 0 unspecified atom stereocenters. The number of hydrogen-bond acceptors (Lipinski definition) is 6. The molecule has 2 aromatic carbocycles. The van der Waals surface area contributed by atoms with E-state index in [9.17, 15) is 23.6 Å². The van der Waals surface area contributed by atoms with Crippen LogP contribution in [-0.4, -0.2) is 49.3 Å². The molecule has 0 aromatic heterocycles. The second kappa shape index (κ2) is 12.9. The number of carbonyl (C=O) groups is 4. The van der Waals surface area contributed by atoms with Gasteiger partial charge < -0.3 is 30.7 Å². The number of urea groups is 1. The Morgan fingerprint density at radius 2 is 1.61 bits per heavy atom. The molecule has 38 heavy (non-hydrogen) atoms. The monoisotopic (exact) mass is 530 g/mol. The van der Waals surface area contributed by atoms with Gasteiger partial charge in [0, 0.05) is 12.2 Å². The summed E-state index contributed by atoms with van der Waals surface area (Å²) in [7, 11) is 1.16. The van der Waals surface area contributed by atoms with Crippen molar-refractivity contribution in [2.75, 3.05) is 24.3 Å². The lowest BCUT2D eigenvalue weighted by Crippen LogP contribution is -2.44. The molecule has 0 aliphatic rings. The average Bonchev–Trinajstić information content (AvgIpc) is 2.79. The lowest BCUT2D eigenvalue weighted by molar-refractivity contribution is -0.143. The van der Waals surface area contributed by atoms with Gasteiger partial charge in [-0.3, -0.25) is 4.79 Å². The largest absolute Gasteiger partial charge is 0.467 e. The number of alkyl carbamates (subject to hydrolysis) is 1. The summed E-state index contributed by atoms with van der Waals surface area (Å²) in [5.74, 6) is -2.18. The summed E-state index contributed by atoms with van der Waals surface area (Å²) in [6, 6.07) is 5.26. The highest BCUT2D eigenvalue weighted by atomic mass is 19.1. The van der Waals surface area contributed by atoms with Crippen molar-refractivity contribution in [3.05, 3.63) is 58.4 Å². The summed E-state index contributed by atoms with van der Waals surface area (Å²) >= 11 is 0. The van der Waals surface area contributed by atoms with E-state index in [1.165, 1.54) is 6.07 Å². The maximum atomic E-state index is 14.0. The predicted octanol–water partition coefficient (Wildman–Crippen LogP) is 4.58. The molecule has 0 saturated carbocycles. The van der Waals surface area contributed by atoms with Gasteiger partial charge in [0.1, 0.15) is 17.5 Å². The van der Waals surface area contributed by atoms with Gasteiger partial charge in [-0.1, -0.05) is 17.7 Å². The topological polar surface area (TPSA) is 135 Å². The molecule has 4 N–H and O–H groups in total. The van der Waals surface area contributed by atoms with Crippen molar-refractivity contribution in [1.82, 2.24) is 10.6 Å². The number of benzene rings is 2. The summed E-state index contributed by atoms with van der Waals surface area (Å²) < 4.78 is 23.9. The molecule has 206 valence electrons. The molecule has 2 rings (SSSR count). The van der Waals surface area contributed by atoms with Gasteiger partial charge in [0.2, 0.25) is 0 Å². The number of nitrogens with one attached hydrogen (secondary N) is 4. The molecule has 11 heteroatoms. The Kier molecular flexibility index (Phi) is 10.2. The molecule has 0 radical (unpaired) electrons. The number of carbonyl (C=O) groups excluding carboxylic acids is 4. The van der Waals surface area contributed by atoms with Crippen LogP contribution < -0.4 is 21.3 Å². The molecule has 1 atom stereocenters. The maximum absolute atomic E-state index is 14.0. The second-order valence-electron chi connectivity index (χ2n) is 9.81. The zero-order valence-electron chi connectivity index (χ0n) is 22.7. The number of rotatable bonds is 8. The molecule has 0 aliphatic carbocycles. The zero-order valence-corrected chi connectivity index (χ0v) is 22.7. The van der Waals surface area contributed by atoms with Crippen molar-refractivity contribution < 1.29 is 33.0 Å². The molecule has 2 aromatic rings. The van der Waals surface area contributed by atoms with E-state index < -0.39 is 41.5 Å². The van der Waals surface area contributed by atoms with Crippen LogP contribution in [0.15, 0.2) is 30.3 Å². The number of methoxy groups -OCH3 is 1. The van der Waals surface area contributed by atoms with E-state index in [2.05, 4.69) is 21.3 Å². The highest BCUT2D eigenvalue weighted by Gasteiger charge is 2.25. The third kappa shape index (κ3) is 9.06. The Morgan fingerprint density at radius 1 is 0.974 bits per heavy atom. The fraction of sp³-hybridized carbons (Fsp3) is 0.407. The van der Waals surface area contributed by atoms with Crippen LogP contribution in [0.5, 0.6) is 0 Å². The van der Waals surface area contributed by atoms with Crippen LogP contribution in [0.3, 0.4) is 0 Å². The molecular weight excluding hydrogens is 495 g/mol. The van der Waals surface area contributed by atoms with Crippen LogP contribution in [-0.2, 0) is 14.3 Å². The normalized spacial score (nSPS) is 11.7. The summed E-state index contributed by atoms with van der Waals surface area (Å²) in [6.45, 7) is 10.8. The SMILES string of the molecule is COC(=O)[C@H](CCNC(=O)OC(C)(C)C)NC(=O)c1ccc(F)cc1NC(=O)Nc1c(C)cc(C)cc1C. The van der Waals surface area contributed by atoms with Crippen LogP contribution in [0.25, 0.3) is 0 Å². The van der Waals surface area contributed by atoms with Crippen molar-refractivity contribution in [1.29, 1.82) is 0 Å². The van der Waals surface area contributed by atoms with Crippen molar-refractivity contribution in [2.24, 2.45) is 0 Å². The van der Waals surface area contributed by atoms with Crippen molar-refractivity contribution in [3.63, 3.8) is 0 Å². The lowest BCUT2D eigenvalue weighted by atomic mass is 10.1. The highest BCUT2D eigenvalue weighted by Crippen LogP contribution is 2.23. The van der Waals surface area contributed by atoms with Crippen LogP contribution in [0.1, 0.15) is 54.2 Å². The Hall–Kier alpha value is -4.15. The van der Waals surface area contributed by atoms with E-state index in [1.807, 2.05) is 32.9 Å². The first-order chi connectivity index (χ1) is 17.7. The van der Waals surface area contributed by atoms with Crippen LogP contribution in [0.4, 0.5) is 25.4 Å². The van der Waals surface area contributed by atoms with E-state index >= 15 is 0 Å². The number of esters is 1. The molecular formula is C27H35FN4O6. The number of hydrogen-bond donors (Lipinski definition) is 4. The van der Waals surface area contributed by atoms with E-state index in [0.29, 0.717) is 5.69 Å². The molecule has 0 bridgehead atoms. The predicted molar refractivity (Wildman–Crippen MR) is 142 cm³/mol. The molecule has 0 aliphatic heterocycles. The van der Waals surface area contributed by atoms with Gasteiger partial charge >= 0.3 is 18.1 Å². The quantitative estimate of drug-likeness (QED) is 0.369. The van der Waals surface area contributed by atoms with Gasteiger partial charge in [0.05, 0.1) is 18.4 Å². The summed E-state index contributed by atoms with van der Waals surface area (Å²) in [5.41, 5.74) is 2.45. The molecule has 0 fully saturated rings. The number of halogens is 1. The standard InChI is InChI=1S/C27H35FN4O6/c1-15-12-16(2)22(17(3)13-15)32-25(35)31-21-14-18(28)8-9-19(21)23(33)30-20(24(34)37-7)10-11-29-26(36)38-27(4,5)6/h8-9,12-14,20H,10-11H2,1-7H3,(H,29,36)(H,30,33)(H2,31,32,35)/t20-/m0/s1. The van der Waals surface area contributed by atoms with Crippen molar-refractivity contribution in [3.8, 4) is 0 Å². The first-order valence-electron chi connectivity index (χ1n) is 12.0. The smallest absolute Gasteiger partial charge is 0.407 e. The van der Waals surface area contributed by atoms with Gasteiger partial charge in [0.15, 0.2) is 0 Å². The third-order valence-corrected chi connectivity index (χ3v) is 5.28. The first kappa shape index (κ1) is 30.1. The highest BCUT2D eigenvalue weighted by molar-refractivity contribution is 6.07. The first-order valence-corrected chi connectivity index (χ1v) is 12.0. The molecule has 0 spiro atoms. The number of aryl methyl sites for hydroxylation is 3. The number of amides is 4. The minimum Gasteiger partial charge on any atom is -0.467 e. The van der Waals surface area contributed by atoms with Gasteiger partial charge in [-0.05, 0) is 77.3 Å². The molecule has 0 saturated heterocycles. The Balaban J connectivity index is 2.15.